The molecule has 6 nitrogen and oxygen atoms in total. The lowest BCUT2D eigenvalue weighted by molar-refractivity contribution is 0.569. The third kappa shape index (κ3) is 10.7. The number of hydrogen-bond donors (Lipinski definition) is 0. The third-order valence-corrected chi connectivity index (χ3v) is 24.0. The molecule has 19 aromatic rings. The first-order valence-corrected chi connectivity index (χ1v) is 39.4. The lowest BCUT2D eigenvalue weighted by atomic mass is 9.33. The Morgan fingerprint density at radius 3 is 1.25 bits per heavy atom. The highest BCUT2D eigenvalue weighted by molar-refractivity contribution is 7.00. The van der Waals surface area contributed by atoms with Gasteiger partial charge in [-0.2, -0.15) is 0 Å². The van der Waals surface area contributed by atoms with Crippen LogP contribution in [0.5, 0.6) is 0 Å². The van der Waals surface area contributed by atoms with Crippen LogP contribution in [0.3, 0.4) is 0 Å². The minimum absolute atomic E-state index is 0.00480. The van der Waals surface area contributed by atoms with E-state index >= 15 is 0 Å². The summed E-state index contributed by atoms with van der Waals surface area (Å²) in [4.78, 5) is 4.74. The molecule has 0 radical (unpaired) electrons. The fourth-order valence-electron chi connectivity index (χ4n) is 18.2. The lowest BCUT2D eigenvalue weighted by Gasteiger charge is -2.44. The molecule has 0 aliphatic carbocycles. The van der Waals surface area contributed by atoms with Gasteiger partial charge in [-0.3, -0.25) is 0 Å². The van der Waals surface area contributed by atoms with Crippen molar-refractivity contribution in [3.8, 4) is 50.4 Å². The second-order valence-corrected chi connectivity index (χ2v) is 35.2. The van der Waals surface area contributed by atoms with Gasteiger partial charge >= 0.3 is 0 Å². The SMILES string of the molecule is [2H]c1c([2H])c([2H])c2c(c1[2H])c1c([2H])c([2H])c([2H])c([2H])c1n2-c1cc2c3c(c1)N(c1cccc4c1oc1c(-n5c6ccccc6c6ccccc65)cccc14)c1cc(-n4c5ccc(C(C)(C)C)cc5c5cc(C(C)(C)C)ccc54)ccc1B3c1ccc(-c3cc(C(C)(C)C)cc(C(C)(C)C)c3)cc1N2c1cc(-c2ccccc2)cc(-c2ccccc2)c1. The fourth-order valence-corrected chi connectivity index (χ4v) is 18.2. The Balaban J connectivity index is 0.951. The van der Waals surface area contributed by atoms with E-state index in [1.54, 1.807) is 4.57 Å². The Hall–Kier alpha value is -12.8. The second-order valence-electron chi connectivity index (χ2n) is 35.2. The van der Waals surface area contributed by atoms with Crippen molar-refractivity contribution in [1.82, 2.24) is 13.7 Å². The predicted molar refractivity (Wildman–Crippen MR) is 482 cm³/mol. The van der Waals surface area contributed by atoms with Crippen LogP contribution < -0.4 is 26.2 Å². The molecular weight excluding hydrogens is 1370 g/mol. The van der Waals surface area contributed by atoms with Crippen molar-refractivity contribution >= 4 is 145 Å². The molecule has 0 spiro atoms. The van der Waals surface area contributed by atoms with E-state index in [-0.39, 0.29) is 43.5 Å². The topological polar surface area (TPSA) is 34.4 Å². The van der Waals surface area contributed by atoms with Crippen LogP contribution in [0.25, 0.3) is 138 Å². The molecule has 6 heterocycles. The molecule has 0 fully saturated rings. The number of furan rings is 1. The maximum Gasteiger partial charge on any atom is 0.252 e. The molecule has 0 N–H and O–H groups in total. The van der Waals surface area contributed by atoms with Crippen LogP contribution in [-0.4, -0.2) is 20.4 Å². The summed E-state index contributed by atoms with van der Waals surface area (Å²) in [6, 6.07) is 93.1. The zero-order chi connectivity index (χ0) is 83.8. The van der Waals surface area contributed by atoms with E-state index in [9.17, 15) is 11.0 Å². The highest BCUT2D eigenvalue weighted by Crippen LogP contribution is 2.52. The highest BCUT2D eigenvalue weighted by Gasteiger charge is 2.45. The van der Waals surface area contributed by atoms with Crippen LogP contribution in [0.2, 0.25) is 0 Å². The van der Waals surface area contributed by atoms with Crippen LogP contribution in [0.15, 0.2) is 320 Å². The average Bonchev–Trinajstić information content (AvgIpc) is 1.62. The Morgan fingerprint density at radius 2 is 0.699 bits per heavy atom. The first-order valence-electron chi connectivity index (χ1n) is 43.4. The summed E-state index contributed by atoms with van der Waals surface area (Å²) in [6.07, 6.45) is 0. The number of aromatic nitrogens is 3. The number of fused-ring (bicyclic) bond motifs is 16. The number of nitrogens with zero attached hydrogens (tertiary/aromatic N) is 5. The maximum atomic E-state index is 10.2. The van der Waals surface area contributed by atoms with Crippen molar-refractivity contribution in [2.45, 2.75) is 105 Å². The Bertz CT molecular complexity index is 7400. The summed E-state index contributed by atoms with van der Waals surface area (Å²) < 4.78 is 92.3. The smallest absolute Gasteiger partial charge is 0.252 e. The number of hydrogen-bond acceptors (Lipinski definition) is 3. The van der Waals surface area contributed by atoms with Gasteiger partial charge in [-0.1, -0.05) is 289 Å². The van der Waals surface area contributed by atoms with Gasteiger partial charge in [0.2, 0.25) is 0 Å². The van der Waals surface area contributed by atoms with Crippen LogP contribution in [0.1, 0.15) is 116 Å². The summed E-state index contributed by atoms with van der Waals surface area (Å²) >= 11 is 0. The van der Waals surface area contributed by atoms with E-state index in [2.05, 4.69) is 357 Å². The molecule has 2 aliphatic rings. The zero-order valence-corrected chi connectivity index (χ0v) is 65.6. The third-order valence-electron chi connectivity index (χ3n) is 24.0. The van der Waals surface area contributed by atoms with E-state index in [0.717, 1.165) is 138 Å². The van der Waals surface area contributed by atoms with Crippen LogP contribution >= 0.6 is 0 Å². The summed E-state index contributed by atoms with van der Waals surface area (Å²) in [5.74, 6) is 0. The molecule has 0 saturated heterocycles. The Morgan fingerprint density at radius 1 is 0.257 bits per heavy atom. The standard InChI is InChI=1S/C106H88BN5O/c1-103(2,3)71-46-51-92-84(60-71)85-61-72(104(4,5)6)47-52-93(85)108(92)75-48-50-87-97(62-75)112(95-44-28-38-83-82-37-27-43-94(101(82)113-102(83)95)111-90-41-25-21-35-80(90)81-36-22-26-42-91(81)111)99-64-77(109-88-39-23-19-33-78(88)79-34-20-24-40-89(79)109)63-98-100(99)107(87)86-49-45-67(70-54-73(105(7,8)9)59-74(55-70)106(10,11)12)58-96(86)110(98)76-56-68(65-29-15-13-16-30-65)53-69(57-76)66-31-17-14-18-32-66/h13-64H,1-12H3/i19D,20D,23D,24D,33D,34D,39D,40D. The number of anilines is 6. The molecule has 546 valence electrons. The fraction of sp³-hybridized carbons (Fsp3) is 0.151. The number of para-hydroxylation sites is 6. The van der Waals surface area contributed by atoms with Gasteiger partial charge in [-0.25, -0.2) is 0 Å². The van der Waals surface area contributed by atoms with Crippen molar-refractivity contribution in [2.75, 3.05) is 9.80 Å². The van der Waals surface area contributed by atoms with Gasteiger partial charge in [0.05, 0.1) is 61.1 Å². The van der Waals surface area contributed by atoms with Crippen molar-refractivity contribution in [1.29, 1.82) is 0 Å². The molecule has 0 bridgehead atoms. The van der Waals surface area contributed by atoms with Crippen LogP contribution in [-0.2, 0) is 21.7 Å². The zero-order valence-electron chi connectivity index (χ0n) is 73.6. The molecular formula is C106H88BN5O. The van der Waals surface area contributed by atoms with Crippen LogP contribution in [0, 0.1) is 0 Å². The Labute approximate surface area is 672 Å². The summed E-state index contributed by atoms with van der Waals surface area (Å²) in [5.41, 5.74) is 25.3. The highest BCUT2D eigenvalue weighted by atomic mass is 16.3. The van der Waals surface area contributed by atoms with E-state index < -0.39 is 55.1 Å². The van der Waals surface area contributed by atoms with Crippen molar-refractivity contribution < 1.29 is 15.4 Å². The summed E-state index contributed by atoms with van der Waals surface area (Å²) in [6.45, 7) is 26.7. The largest absolute Gasteiger partial charge is 0.452 e. The predicted octanol–water partition coefficient (Wildman–Crippen LogP) is 27.2. The second kappa shape index (κ2) is 24.8. The van der Waals surface area contributed by atoms with Gasteiger partial charge in [0.25, 0.3) is 6.71 Å². The van der Waals surface area contributed by atoms with E-state index in [4.69, 9.17) is 4.42 Å². The maximum absolute atomic E-state index is 10.2. The van der Waals surface area contributed by atoms with Crippen molar-refractivity contribution in [3.05, 3.63) is 338 Å². The molecule has 0 unspecified atom stereocenters. The van der Waals surface area contributed by atoms with Gasteiger partial charge in [-0.05, 0) is 203 Å². The number of rotatable bonds is 8. The normalized spacial score (nSPS) is 14.2. The molecule has 15 aromatic carbocycles. The first kappa shape index (κ1) is 60.0. The molecule has 4 aromatic heterocycles. The molecule has 2 aliphatic heterocycles. The first-order chi connectivity index (χ1) is 57.9. The van der Waals surface area contributed by atoms with Gasteiger partial charge in [0.15, 0.2) is 11.2 Å². The monoisotopic (exact) mass is 1470 g/mol. The molecule has 0 atom stereocenters. The minimum Gasteiger partial charge on any atom is -0.452 e. The van der Waals surface area contributed by atoms with Gasteiger partial charge < -0.3 is 27.9 Å². The average molecular weight is 1470 g/mol. The minimum atomic E-state index is -0.539. The Kier molecular flexibility index (Phi) is 13.2. The van der Waals surface area contributed by atoms with Crippen molar-refractivity contribution in [3.63, 3.8) is 0 Å². The number of benzene rings is 15. The lowest BCUT2D eigenvalue weighted by Crippen LogP contribution is -2.61. The van der Waals surface area contributed by atoms with E-state index in [1.165, 1.54) is 22.3 Å². The van der Waals surface area contributed by atoms with Crippen molar-refractivity contribution in [2.24, 2.45) is 0 Å². The van der Waals surface area contributed by atoms with Gasteiger partial charge in [0, 0.05) is 77.2 Å². The molecule has 0 saturated carbocycles. The van der Waals surface area contributed by atoms with E-state index in [1.807, 2.05) is 12.1 Å². The molecule has 21 rings (SSSR count). The molecule has 0 amide bonds. The molecule has 7 heteroatoms. The summed E-state index contributed by atoms with van der Waals surface area (Å²) in [7, 11) is 0. The molecule has 113 heavy (non-hydrogen) atoms. The van der Waals surface area contributed by atoms with Gasteiger partial charge in [-0.15, -0.1) is 0 Å². The van der Waals surface area contributed by atoms with Crippen LogP contribution in [0.4, 0.5) is 34.1 Å². The summed E-state index contributed by atoms with van der Waals surface area (Å²) in [5, 5.41) is 6.26. The quantitative estimate of drug-likeness (QED) is 0.142. The van der Waals surface area contributed by atoms with E-state index in [0.29, 0.717) is 28.2 Å². The van der Waals surface area contributed by atoms with Gasteiger partial charge in [0.1, 0.15) is 0 Å².